The highest BCUT2D eigenvalue weighted by Gasteiger charge is 2.20. The minimum atomic E-state index is -0.212. The number of aryl methyl sites for hydroxylation is 1. The summed E-state index contributed by atoms with van der Waals surface area (Å²) in [6.45, 7) is 3.29. The van der Waals surface area contributed by atoms with Gasteiger partial charge in [-0.25, -0.2) is 9.07 Å². The summed E-state index contributed by atoms with van der Waals surface area (Å²) >= 11 is 0. The van der Waals surface area contributed by atoms with Crippen molar-refractivity contribution in [1.82, 2.24) is 20.3 Å². The van der Waals surface area contributed by atoms with Gasteiger partial charge in [0.2, 0.25) is 0 Å². The Morgan fingerprint density at radius 3 is 3.05 bits per heavy atom. The fraction of sp³-hybridized carbons (Fsp3) is 0.429. The van der Waals surface area contributed by atoms with Gasteiger partial charge in [0.25, 0.3) is 0 Å². The summed E-state index contributed by atoms with van der Waals surface area (Å²) in [4.78, 5) is 0. The van der Waals surface area contributed by atoms with Crippen molar-refractivity contribution < 1.29 is 4.39 Å². The predicted molar refractivity (Wildman–Crippen MR) is 70.1 cm³/mol. The first-order valence-corrected chi connectivity index (χ1v) is 6.58. The second-order valence-electron chi connectivity index (χ2n) is 5.13. The molecule has 1 aromatic carbocycles. The molecule has 0 spiro atoms. The van der Waals surface area contributed by atoms with E-state index in [0.717, 1.165) is 23.4 Å². The van der Waals surface area contributed by atoms with Crippen molar-refractivity contribution >= 4 is 0 Å². The third kappa shape index (κ3) is 3.17. The number of halogens is 1. The van der Waals surface area contributed by atoms with E-state index >= 15 is 0 Å². The largest absolute Gasteiger partial charge is 0.308 e. The monoisotopic (exact) mass is 260 g/mol. The summed E-state index contributed by atoms with van der Waals surface area (Å²) < 4.78 is 15.0. The van der Waals surface area contributed by atoms with Gasteiger partial charge in [0, 0.05) is 12.6 Å². The molecule has 0 amide bonds. The van der Waals surface area contributed by atoms with E-state index in [0.29, 0.717) is 12.6 Å². The van der Waals surface area contributed by atoms with Gasteiger partial charge in [-0.2, -0.15) is 0 Å². The molecule has 1 aliphatic rings. The van der Waals surface area contributed by atoms with Crippen LogP contribution in [0.15, 0.2) is 24.4 Å². The van der Waals surface area contributed by atoms with Crippen molar-refractivity contribution in [1.29, 1.82) is 0 Å². The highest BCUT2D eigenvalue weighted by molar-refractivity contribution is 5.26. The summed E-state index contributed by atoms with van der Waals surface area (Å²) in [6, 6.07) is 5.48. The Morgan fingerprint density at radius 2 is 2.26 bits per heavy atom. The van der Waals surface area contributed by atoms with E-state index in [1.54, 1.807) is 16.8 Å². The van der Waals surface area contributed by atoms with E-state index in [1.165, 1.54) is 18.9 Å². The van der Waals surface area contributed by atoms with Crippen LogP contribution in [0.3, 0.4) is 0 Å². The molecule has 19 heavy (non-hydrogen) atoms. The second-order valence-corrected chi connectivity index (χ2v) is 5.13. The fourth-order valence-electron chi connectivity index (χ4n) is 2.02. The van der Waals surface area contributed by atoms with Crippen LogP contribution in [0.1, 0.15) is 29.7 Å². The van der Waals surface area contributed by atoms with Crippen LogP contribution in [-0.2, 0) is 13.1 Å². The molecular formula is C14H17FN4. The maximum atomic E-state index is 13.2. The first-order valence-electron chi connectivity index (χ1n) is 6.58. The van der Waals surface area contributed by atoms with Gasteiger partial charge in [-0.1, -0.05) is 11.3 Å². The van der Waals surface area contributed by atoms with Crippen LogP contribution in [0.5, 0.6) is 0 Å². The third-order valence-electron chi connectivity index (χ3n) is 3.38. The molecule has 0 atom stereocenters. The van der Waals surface area contributed by atoms with E-state index in [2.05, 4.69) is 15.6 Å². The molecule has 0 radical (unpaired) electrons. The SMILES string of the molecule is Cc1ccc(F)cc1Cn1cc(CNC2CC2)nn1. The Balaban J connectivity index is 1.66. The molecule has 1 aliphatic carbocycles. The van der Waals surface area contributed by atoms with Gasteiger partial charge in [-0.3, -0.25) is 0 Å². The number of benzene rings is 1. The number of nitrogens with one attached hydrogen (secondary N) is 1. The topological polar surface area (TPSA) is 42.7 Å². The molecule has 100 valence electrons. The van der Waals surface area contributed by atoms with Crippen molar-refractivity contribution in [2.45, 2.75) is 38.9 Å². The minimum Gasteiger partial charge on any atom is -0.308 e. The van der Waals surface area contributed by atoms with Gasteiger partial charge in [0.1, 0.15) is 5.82 Å². The van der Waals surface area contributed by atoms with Gasteiger partial charge in [-0.15, -0.1) is 5.10 Å². The van der Waals surface area contributed by atoms with Gasteiger partial charge in [0.15, 0.2) is 0 Å². The van der Waals surface area contributed by atoms with Crippen molar-refractivity contribution in [3.05, 3.63) is 47.0 Å². The molecule has 5 heteroatoms. The third-order valence-corrected chi connectivity index (χ3v) is 3.38. The predicted octanol–water partition coefficient (Wildman–Crippen LogP) is 2.03. The lowest BCUT2D eigenvalue weighted by atomic mass is 10.1. The van der Waals surface area contributed by atoms with Crippen LogP contribution in [0, 0.1) is 12.7 Å². The zero-order chi connectivity index (χ0) is 13.2. The fourth-order valence-corrected chi connectivity index (χ4v) is 2.02. The lowest BCUT2D eigenvalue weighted by Gasteiger charge is -2.05. The molecule has 0 unspecified atom stereocenters. The van der Waals surface area contributed by atoms with E-state index < -0.39 is 0 Å². The van der Waals surface area contributed by atoms with Gasteiger partial charge >= 0.3 is 0 Å². The van der Waals surface area contributed by atoms with Crippen LogP contribution in [-0.4, -0.2) is 21.0 Å². The maximum Gasteiger partial charge on any atom is 0.123 e. The first-order chi connectivity index (χ1) is 9.20. The van der Waals surface area contributed by atoms with Crippen molar-refractivity contribution in [3.63, 3.8) is 0 Å². The second kappa shape index (κ2) is 5.09. The molecule has 1 aromatic heterocycles. The van der Waals surface area contributed by atoms with E-state index in [4.69, 9.17) is 0 Å². The number of hydrogen-bond donors (Lipinski definition) is 1. The molecule has 1 fully saturated rings. The Morgan fingerprint density at radius 1 is 1.42 bits per heavy atom. The maximum absolute atomic E-state index is 13.2. The van der Waals surface area contributed by atoms with Gasteiger partial charge < -0.3 is 5.32 Å². The average molecular weight is 260 g/mol. The molecule has 4 nitrogen and oxygen atoms in total. The van der Waals surface area contributed by atoms with E-state index in [9.17, 15) is 4.39 Å². The van der Waals surface area contributed by atoms with Crippen LogP contribution in [0.4, 0.5) is 4.39 Å². The molecule has 1 saturated carbocycles. The van der Waals surface area contributed by atoms with Gasteiger partial charge in [-0.05, 0) is 43.0 Å². The molecule has 0 aliphatic heterocycles. The Kier molecular flexibility index (Phi) is 3.29. The van der Waals surface area contributed by atoms with Crippen molar-refractivity contribution in [2.24, 2.45) is 0 Å². The highest BCUT2D eigenvalue weighted by Crippen LogP contribution is 2.19. The Bertz CT molecular complexity index is 575. The molecule has 3 rings (SSSR count). The molecule has 0 bridgehead atoms. The van der Waals surface area contributed by atoms with Crippen molar-refractivity contribution in [2.75, 3.05) is 0 Å². The summed E-state index contributed by atoms with van der Waals surface area (Å²) in [5.41, 5.74) is 2.93. The van der Waals surface area contributed by atoms with E-state index in [-0.39, 0.29) is 5.82 Å². The summed E-state index contributed by atoms with van der Waals surface area (Å²) in [5, 5.41) is 11.6. The Hall–Kier alpha value is -1.75. The lowest BCUT2D eigenvalue weighted by molar-refractivity contribution is 0.612. The van der Waals surface area contributed by atoms with Crippen molar-refractivity contribution in [3.8, 4) is 0 Å². The smallest absolute Gasteiger partial charge is 0.123 e. The molecule has 2 aromatic rings. The molecule has 1 heterocycles. The minimum absolute atomic E-state index is 0.212. The summed E-state index contributed by atoms with van der Waals surface area (Å²) in [6.07, 6.45) is 4.44. The number of rotatable bonds is 5. The number of nitrogens with zero attached hydrogens (tertiary/aromatic N) is 3. The molecule has 1 N–H and O–H groups in total. The quantitative estimate of drug-likeness (QED) is 0.894. The zero-order valence-electron chi connectivity index (χ0n) is 10.9. The van der Waals surface area contributed by atoms with Crippen LogP contribution in [0.25, 0.3) is 0 Å². The van der Waals surface area contributed by atoms with Crippen LogP contribution in [0.2, 0.25) is 0 Å². The Labute approximate surface area is 111 Å². The summed E-state index contributed by atoms with van der Waals surface area (Å²) in [7, 11) is 0. The average Bonchev–Trinajstić information content (AvgIpc) is 3.12. The highest BCUT2D eigenvalue weighted by atomic mass is 19.1. The normalized spacial score (nSPS) is 14.8. The van der Waals surface area contributed by atoms with E-state index in [1.807, 2.05) is 13.1 Å². The molecule has 0 saturated heterocycles. The number of aromatic nitrogens is 3. The zero-order valence-corrected chi connectivity index (χ0v) is 10.9. The van der Waals surface area contributed by atoms with Crippen LogP contribution >= 0.6 is 0 Å². The first kappa shape index (κ1) is 12.3. The van der Waals surface area contributed by atoms with Crippen LogP contribution < -0.4 is 5.32 Å². The number of hydrogen-bond acceptors (Lipinski definition) is 3. The summed E-state index contributed by atoms with van der Waals surface area (Å²) in [5.74, 6) is -0.212. The standard InChI is InChI=1S/C14H17FN4/c1-10-2-3-12(15)6-11(10)8-19-9-14(17-18-19)7-16-13-4-5-13/h2-3,6,9,13,16H,4-5,7-8H2,1H3. The molecular weight excluding hydrogens is 243 g/mol. The van der Waals surface area contributed by atoms with Gasteiger partial charge in [0.05, 0.1) is 18.4 Å². The lowest BCUT2D eigenvalue weighted by Crippen LogP contribution is -2.15.